The van der Waals surface area contributed by atoms with Crippen molar-refractivity contribution >= 4 is 8.03 Å². The van der Waals surface area contributed by atoms with E-state index in [0.717, 1.165) is 10.6 Å². The Morgan fingerprint density at radius 3 is 2.95 bits per heavy atom. The highest BCUT2D eigenvalue weighted by molar-refractivity contribution is 7.39. The van der Waals surface area contributed by atoms with Gasteiger partial charge < -0.3 is 14.4 Å². The number of H-pyrrole nitrogens is 1. The van der Waals surface area contributed by atoms with Gasteiger partial charge in [-0.05, 0) is 6.92 Å². The second-order valence-corrected chi connectivity index (χ2v) is 7.27. The first-order chi connectivity index (χ1) is 10.3. The van der Waals surface area contributed by atoms with Crippen molar-refractivity contribution in [3.63, 3.8) is 0 Å². The van der Waals surface area contributed by atoms with E-state index < -0.39 is 49.3 Å². The average molecular weight is 334 g/mol. The highest BCUT2D eigenvalue weighted by Gasteiger charge is 2.64. The molecule has 2 fully saturated rings. The monoisotopic (exact) mass is 334 g/mol. The van der Waals surface area contributed by atoms with E-state index in [0.29, 0.717) is 0 Å². The molecule has 3 rings (SSSR count). The van der Waals surface area contributed by atoms with E-state index in [9.17, 15) is 23.7 Å². The predicted molar refractivity (Wildman–Crippen MR) is 74.1 cm³/mol. The fraction of sp³-hybridized carbons (Fsp3) is 0.667. The van der Waals surface area contributed by atoms with Crippen LogP contribution in [0.3, 0.4) is 0 Å². The van der Waals surface area contributed by atoms with Crippen molar-refractivity contribution in [1.29, 1.82) is 0 Å². The van der Waals surface area contributed by atoms with Gasteiger partial charge in [0.15, 0.2) is 14.3 Å². The Morgan fingerprint density at radius 2 is 2.32 bits per heavy atom. The molecule has 3 heterocycles. The zero-order valence-electron chi connectivity index (χ0n) is 11.7. The van der Waals surface area contributed by atoms with E-state index in [2.05, 4.69) is 4.98 Å². The van der Waals surface area contributed by atoms with Crippen LogP contribution in [0.15, 0.2) is 21.9 Å². The molecular formula is C12H16FN2O6P. The number of aromatic nitrogens is 2. The number of aliphatic hydroxyl groups is 1. The second-order valence-electron chi connectivity index (χ2n) is 5.83. The molecule has 1 aromatic rings. The number of nitrogens with zero attached hydrogens (tertiary/aromatic N) is 1. The molecule has 0 spiro atoms. The van der Waals surface area contributed by atoms with Crippen LogP contribution in [0.1, 0.15) is 13.2 Å². The van der Waals surface area contributed by atoms with Gasteiger partial charge in [-0.1, -0.05) is 0 Å². The molecule has 10 heteroatoms. The van der Waals surface area contributed by atoms with Crippen molar-refractivity contribution in [2.75, 3.05) is 19.4 Å². The molecule has 5 atom stereocenters. The van der Waals surface area contributed by atoms with Gasteiger partial charge >= 0.3 is 5.69 Å². The van der Waals surface area contributed by atoms with Crippen LogP contribution >= 0.6 is 8.03 Å². The number of hydrogen-bond acceptors (Lipinski definition) is 6. The molecule has 22 heavy (non-hydrogen) atoms. The van der Waals surface area contributed by atoms with E-state index in [1.165, 1.54) is 13.1 Å². The van der Waals surface area contributed by atoms with E-state index in [-0.39, 0.29) is 12.8 Å². The van der Waals surface area contributed by atoms with Crippen LogP contribution in [0.5, 0.6) is 0 Å². The average Bonchev–Trinajstić information content (AvgIpc) is 2.69. The van der Waals surface area contributed by atoms with E-state index >= 15 is 0 Å². The van der Waals surface area contributed by atoms with E-state index in [4.69, 9.17) is 9.26 Å². The SMILES string of the molecule is C[C@@]1(O)[C@@H]2C[PH](=O)OC[C@@]2(CF)O[C@H]1n1ccc(=O)[nH]c1=O. The minimum Gasteiger partial charge on any atom is -0.385 e. The summed E-state index contributed by atoms with van der Waals surface area (Å²) >= 11 is 0. The van der Waals surface area contributed by atoms with Gasteiger partial charge in [-0.3, -0.25) is 18.9 Å². The Bertz CT molecular complexity index is 731. The third kappa shape index (κ3) is 2.20. The first kappa shape index (κ1) is 15.6. The summed E-state index contributed by atoms with van der Waals surface area (Å²) in [5, 5.41) is 10.8. The smallest absolute Gasteiger partial charge is 0.330 e. The van der Waals surface area contributed by atoms with Crippen LogP contribution in [-0.2, 0) is 13.8 Å². The van der Waals surface area contributed by atoms with E-state index in [1.807, 2.05) is 0 Å². The third-order valence-electron chi connectivity index (χ3n) is 4.37. The lowest BCUT2D eigenvalue weighted by Gasteiger charge is -2.37. The maximum Gasteiger partial charge on any atom is 0.330 e. The number of alkyl halides is 1. The molecule has 1 aromatic heterocycles. The number of fused-ring (bicyclic) bond motifs is 1. The summed E-state index contributed by atoms with van der Waals surface area (Å²) in [5.41, 5.74) is -4.47. The molecule has 0 saturated carbocycles. The summed E-state index contributed by atoms with van der Waals surface area (Å²) < 4.78 is 36.9. The summed E-state index contributed by atoms with van der Waals surface area (Å²) in [5.74, 6) is -0.783. The van der Waals surface area contributed by atoms with Crippen molar-refractivity contribution < 1.29 is 23.3 Å². The Labute approximate surface area is 124 Å². The number of halogens is 1. The van der Waals surface area contributed by atoms with E-state index in [1.54, 1.807) is 0 Å². The first-order valence-electron chi connectivity index (χ1n) is 6.73. The second kappa shape index (κ2) is 5.13. The molecule has 0 bridgehead atoms. The molecule has 0 aromatic carbocycles. The third-order valence-corrected chi connectivity index (χ3v) is 5.57. The normalized spacial score (nSPS) is 41.3. The van der Waals surface area contributed by atoms with Crippen LogP contribution in [-0.4, -0.2) is 45.3 Å². The molecule has 0 amide bonds. The lowest BCUT2D eigenvalue weighted by Crippen LogP contribution is -2.51. The number of ether oxygens (including phenoxy) is 1. The Kier molecular flexibility index (Phi) is 3.64. The largest absolute Gasteiger partial charge is 0.385 e. The van der Waals surface area contributed by atoms with Crippen molar-refractivity contribution in [1.82, 2.24) is 9.55 Å². The summed E-state index contributed by atoms with van der Waals surface area (Å²) in [4.78, 5) is 25.1. The van der Waals surface area contributed by atoms with Gasteiger partial charge in [0, 0.05) is 24.3 Å². The highest BCUT2D eigenvalue weighted by Crippen LogP contribution is 2.54. The molecule has 2 aliphatic heterocycles. The molecule has 1 unspecified atom stereocenters. The highest BCUT2D eigenvalue weighted by atomic mass is 31.1. The number of rotatable bonds is 2. The zero-order valence-corrected chi connectivity index (χ0v) is 12.7. The summed E-state index contributed by atoms with van der Waals surface area (Å²) in [7, 11) is -2.39. The van der Waals surface area contributed by atoms with Crippen molar-refractivity contribution in [3.8, 4) is 0 Å². The lowest BCUT2D eigenvalue weighted by atomic mass is 9.80. The maximum atomic E-state index is 13.6. The van der Waals surface area contributed by atoms with Gasteiger partial charge in [0.25, 0.3) is 5.56 Å². The van der Waals surface area contributed by atoms with Gasteiger partial charge in [0.05, 0.1) is 6.61 Å². The summed E-state index contributed by atoms with van der Waals surface area (Å²) in [6, 6.07) is 1.10. The quantitative estimate of drug-likeness (QED) is 0.715. The first-order valence-corrected chi connectivity index (χ1v) is 8.26. The Balaban J connectivity index is 2.08. The minimum atomic E-state index is -2.39. The number of aromatic amines is 1. The van der Waals surface area contributed by atoms with Gasteiger partial charge in [-0.25, -0.2) is 9.18 Å². The zero-order chi connectivity index (χ0) is 16.1. The minimum absolute atomic E-state index is 0.0316. The van der Waals surface area contributed by atoms with Crippen molar-refractivity contribution in [2.45, 2.75) is 24.4 Å². The number of nitrogens with one attached hydrogen (secondary N) is 1. The maximum absolute atomic E-state index is 13.6. The van der Waals surface area contributed by atoms with Crippen molar-refractivity contribution in [3.05, 3.63) is 33.1 Å². The van der Waals surface area contributed by atoms with Crippen LogP contribution < -0.4 is 11.2 Å². The van der Waals surface area contributed by atoms with Gasteiger partial charge in [0.1, 0.15) is 17.9 Å². The topological polar surface area (TPSA) is 111 Å². The number of hydrogen-bond donors (Lipinski definition) is 2. The molecule has 2 saturated heterocycles. The molecule has 0 aliphatic carbocycles. The van der Waals surface area contributed by atoms with Crippen LogP contribution in [0.2, 0.25) is 0 Å². The fourth-order valence-corrected chi connectivity index (χ4v) is 4.84. The Hall–Kier alpha value is -1.28. The molecule has 8 nitrogen and oxygen atoms in total. The van der Waals surface area contributed by atoms with Gasteiger partial charge in [0.2, 0.25) is 0 Å². The molecule has 2 aliphatic rings. The Morgan fingerprint density at radius 1 is 1.59 bits per heavy atom. The predicted octanol–water partition coefficient (Wildman–Crippen LogP) is -0.354. The molecule has 122 valence electrons. The van der Waals surface area contributed by atoms with Crippen LogP contribution in [0.4, 0.5) is 4.39 Å². The summed E-state index contributed by atoms with van der Waals surface area (Å²) in [6.07, 6.45) is -0.0713. The van der Waals surface area contributed by atoms with Crippen LogP contribution in [0.25, 0.3) is 0 Å². The van der Waals surface area contributed by atoms with Gasteiger partial charge in [-0.2, -0.15) is 0 Å². The molecular weight excluding hydrogens is 318 g/mol. The lowest BCUT2D eigenvalue weighted by molar-refractivity contribution is -0.132. The molecule has 0 radical (unpaired) electrons. The van der Waals surface area contributed by atoms with Crippen LogP contribution in [0, 0.1) is 5.92 Å². The van der Waals surface area contributed by atoms with Crippen molar-refractivity contribution in [2.24, 2.45) is 5.92 Å². The van der Waals surface area contributed by atoms with Gasteiger partial charge in [-0.15, -0.1) is 0 Å². The standard InChI is InChI=1S/C12H16FN2O6P/c1-11(18)7-4-22(19)20-6-12(7,5-13)21-9(11)15-3-2-8(16)14-10(15)17/h2-3,7,9,18,22H,4-6H2,1H3,(H,14,16,17)/t7-,9+,11+,12+/m0/s1. The fourth-order valence-electron chi connectivity index (χ4n) is 3.20. The molecule has 2 N–H and O–H groups in total. The summed E-state index contributed by atoms with van der Waals surface area (Å²) in [6.45, 7) is 0.200.